The molecule has 13 heavy (non-hydrogen) atoms. The summed E-state index contributed by atoms with van der Waals surface area (Å²) < 4.78 is 0. The molecule has 0 saturated carbocycles. The topological polar surface area (TPSA) is 12.9 Å². The van der Waals surface area contributed by atoms with Crippen LogP contribution in [-0.2, 0) is 5.33 Å². The predicted octanol–water partition coefficient (Wildman–Crippen LogP) is 3.78. The van der Waals surface area contributed by atoms with Crippen molar-refractivity contribution in [2.45, 2.75) is 5.33 Å². The van der Waals surface area contributed by atoms with Crippen molar-refractivity contribution < 1.29 is 0 Å². The number of pyridine rings is 1. The van der Waals surface area contributed by atoms with Crippen LogP contribution in [-0.4, -0.2) is 4.98 Å². The van der Waals surface area contributed by atoms with E-state index in [0.717, 1.165) is 21.3 Å². The van der Waals surface area contributed by atoms with E-state index < -0.39 is 0 Å². The van der Waals surface area contributed by atoms with Gasteiger partial charge in [0.1, 0.15) is 0 Å². The summed E-state index contributed by atoms with van der Waals surface area (Å²) >= 11 is 9.45. The number of hydrogen-bond donors (Lipinski definition) is 0. The van der Waals surface area contributed by atoms with Crippen molar-refractivity contribution in [3.63, 3.8) is 0 Å². The molecule has 3 heteroatoms. The molecule has 1 aromatic carbocycles. The zero-order valence-electron chi connectivity index (χ0n) is 6.80. The molecular formula is C10H7BrClN. The molecule has 66 valence electrons. The van der Waals surface area contributed by atoms with Gasteiger partial charge in [0, 0.05) is 21.9 Å². The minimum absolute atomic E-state index is 0.757. The lowest BCUT2D eigenvalue weighted by Gasteiger charge is -2.03. The number of alkyl halides is 1. The Kier molecular flexibility index (Phi) is 2.51. The first-order valence-electron chi connectivity index (χ1n) is 3.91. The molecule has 0 aliphatic heterocycles. The van der Waals surface area contributed by atoms with Crippen molar-refractivity contribution in [2.75, 3.05) is 0 Å². The molecule has 0 unspecified atom stereocenters. The second-order valence-corrected chi connectivity index (χ2v) is 3.71. The van der Waals surface area contributed by atoms with Crippen LogP contribution in [0.3, 0.4) is 0 Å². The standard InChI is InChI=1S/C10H7BrClN/c11-6-7-3-4-9(12)8-2-1-5-13-10(7)8/h1-5H,6H2. The second kappa shape index (κ2) is 3.64. The van der Waals surface area contributed by atoms with Gasteiger partial charge in [-0.15, -0.1) is 0 Å². The average Bonchev–Trinajstić information content (AvgIpc) is 2.19. The molecule has 0 aliphatic carbocycles. The summed E-state index contributed by atoms with van der Waals surface area (Å²) in [4.78, 5) is 4.30. The molecule has 0 fully saturated rings. The van der Waals surface area contributed by atoms with E-state index in [9.17, 15) is 0 Å². The van der Waals surface area contributed by atoms with Crippen LogP contribution >= 0.6 is 27.5 Å². The maximum Gasteiger partial charge on any atom is 0.0757 e. The Balaban J connectivity index is 2.84. The highest BCUT2D eigenvalue weighted by Crippen LogP contribution is 2.25. The van der Waals surface area contributed by atoms with Gasteiger partial charge in [0.15, 0.2) is 0 Å². The summed E-state index contributed by atoms with van der Waals surface area (Å²) in [5.41, 5.74) is 2.15. The molecule has 0 N–H and O–H groups in total. The van der Waals surface area contributed by atoms with E-state index in [1.165, 1.54) is 5.56 Å². The van der Waals surface area contributed by atoms with Crippen LogP contribution in [0.5, 0.6) is 0 Å². The van der Waals surface area contributed by atoms with Crippen molar-refractivity contribution in [2.24, 2.45) is 0 Å². The van der Waals surface area contributed by atoms with Gasteiger partial charge in [-0.25, -0.2) is 0 Å². The van der Waals surface area contributed by atoms with Gasteiger partial charge in [-0.1, -0.05) is 33.6 Å². The Bertz CT molecular complexity index is 442. The summed E-state index contributed by atoms with van der Waals surface area (Å²) in [7, 11) is 0. The minimum Gasteiger partial charge on any atom is -0.256 e. The molecule has 1 aromatic heterocycles. The number of rotatable bonds is 1. The van der Waals surface area contributed by atoms with Gasteiger partial charge in [0.25, 0.3) is 0 Å². The second-order valence-electron chi connectivity index (χ2n) is 2.74. The Hall–Kier alpha value is -0.600. The number of benzene rings is 1. The van der Waals surface area contributed by atoms with E-state index in [2.05, 4.69) is 20.9 Å². The first-order chi connectivity index (χ1) is 6.33. The third kappa shape index (κ3) is 1.56. The van der Waals surface area contributed by atoms with E-state index in [1.807, 2.05) is 24.3 Å². The SMILES string of the molecule is Clc1ccc(CBr)c2ncccc12. The average molecular weight is 257 g/mol. The summed E-state index contributed by atoms with van der Waals surface area (Å²) in [6.07, 6.45) is 1.78. The van der Waals surface area contributed by atoms with Crippen LogP contribution in [0.25, 0.3) is 10.9 Å². The van der Waals surface area contributed by atoms with E-state index in [-0.39, 0.29) is 0 Å². The van der Waals surface area contributed by atoms with Gasteiger partial charge in [-0.2, -0.15) is 0 Å². The zero-order chi connectivity index (χ0) is 9.26. The van der Waals surface area contributed by atoms with Gasteiger partial charge in [0.05, 0.1) is 5.52 Å². The van der Waals surface area contributed by atoms with Crippen LogP contribution in [0.4, 0.5) is 0 Å². The summed E-state index contributed by atoms with van der Waals surface area (Å²) in [5.74, 6) is 0. The fourth-order valence-electron chi connectivity index (χ4n) is 1.30. The highest BCUT2D eigenvalue weighted by molar-refractivity contribution is 9.08. The Morgan fingerprint density at radius 3 is 2.92 bits per heavy atom. The number of halogens is 2. The Morgan fingerprint density at radius 2 is 2.15 bits per heavy atom. The third-order valence-electron chi connectivity index (χ3n) is 1.94. The van der Waals surface area contributed by atoms with Crippen LogP contribution in [0.15, 0.2) is 30.5 Å². The lowest BCUT2D eigenvalue weighted by atomic mass is 10.1. The van der Waals surface area contributed by atoms with Gasteiger partial charge < -0.3 is 0 Å². The molecule has 0 spiro atoms. The van der Waals surface area contributed by atoms with Crippen molar-refractivity contribution in [3.8, 4) is 0 Å². The number of nitrogens with zero attached hydrogens (tertiary/aromatic N) is 1. The van der Waals surface area contributed by atoms with E-state index in [0.29, 0.717) is 0 Å². The largest absolute Gasteiger partial charge is 0.256 e. The Labute approximate surface area is 89.9 Å². The van der Waals surface area contributed by atoms with Crippen molar-refractivity contribution in [1.29, 1.82) is 0 Å². The highest BCUT2D eigenvalue weighted by Gasteiger charge is 2.03. The normalized spacial score (nSPS) is 10.6. The lowest BCUT2D eigenvalue weighted by molar-refractivity contribution is 1.36. The Morgan fingerprint density at radius 1 is 1.31 bits per heavy atom. The maximum atomic E-state index is 6.03. The van der Waals surface area contributed by atoms with Gasteiger partial charge in [-0.05, 0) is 23.8 Å². The maximum absolute atomic E-state index is 6.03. The fraction of sp³-hybridized carbons (Fsp3) is 0.100. The van der Waals surface area contributed by atoms with Crippen LogP contribution in [0.1, 0.15) is 5.56 Å². The molecule has 0 aliphatic rings. The number of fused-ring (bicyclic) bond motifs is 1. The molecule has 1 heterocycles. The van der Waals surface area contributed by atoms with E-state index >= 15 is 0 Å². The van der Waals surface area contributed by atoms with Crippen LogP contribution in [0, 0.1) is 0 Å². The molecule has 0 radical (unpaired) electrons. The molecule has 2 aromatic rings. The summed E-state index contributed by atoms with van der Waals surface area (Å²) in [6.45, 7) is 0. The van der Waals surface area contributed by atoms with Crippen molar-refractivity contribution >= 4 is 38.4 Å². The van der Waals surface area contributed by atoms with E-state index in [4.69, 9.17) is 11.6 Å². The molecule has 2 rings (SSSR count). The summed E-state index contributed by atoms with van der Waals surface area (Å²) in [5, 5.41) is 2.58. The smallest absolute Gasteiger partial charge is 0.0757 e. The third-order valence-corrected chi connectivity index (χ3v) is 2.88. The summed E-state index contributed by atoms with van der Waals surface area (Å²) in [6, 6.07) is 7.78. The highest BCUT2D eigenvalue weighted by atomic mass is 79.9. The van der Waals surface area contributed by atoms with Crippen molar-refractivity contribution in [3.05, 3.63) is 41.0 Å². The van der Waals surface area contributed by atoms with Gasteiger partial charge in [0.2, 0.25) is 0 Å². The zero-order valence-corrected chi connectivity index (χ0v) is 9.14. The fourth-order valence-corrected chi connectivity index (χ4v) is 1.97. The van der Waals surface area contributed by atoms with E-state index in [1.54, 1.807) is 6.20 Å². The van der Waals surface area contributed by atoms with Gasteiger partial charge >= 0.3 is 0 Å². The first-order valence-corrected chi connectivity index (χ1v) is 5.41. The number of aromatic nitrogens is 1. The number of hydrogen-bond acceptors (Lipinski definition) is 1. The predicted molar refractivity (Wildman–Crippen MR) is 59.4 cm³/mol. The quantitative estimate of drug-likeness (QED) is 0.708. The monoisotopic (exact) mass is 255 g/mol. The molecule has 0 saturated heterocycles. The minimum atomic E-state index is 0.757. The molecular weight excluding hydrogens is 249 g/mol. The molecule has 1 nitrogen and oxygen atoms in total. The van der Waals surface area contributed by atoms with Crippen molar-refractivity contribution in [1.82, 2.24) is 4.98 Å². The van der Waals surface area contributed by atoms with Crippen LogP contribution in [0.2, 0.25) is 5.02 Å². The molecule has 0 amide bonds. The molecule has 0 atom stereocenters. The first kappa shape index (κ1) is 8.97. The van der Waals surface area contributed by atoms with Gasteiger partial charge in [-0.3, -0.25) is 4.98 Å². The van der Waals surface area contributed by atoms with Crippen LogP contribution < -0.4 is 0 Å². The molecule has 0 bridgehead atoms. The lowest BCUT2D eigenvalue weighted by Crippen LogP contribution is -1.85.